The van der Waals surface area contributed by atoms with Crippen molar-refractivity contribution in [2.75, 3.05) is 6.54 Å². The highest BCUT2D eigenvalue weighted by Crippen LogP contribution is 2.59. The second-order valence-corrected chi connectivity index (χ2v) is 10.8. The Bertz CT molecular complexity index is 858. The highest BCUT2D eigenvalue weighted by Gasteiger charge is 2.50. The maximum atomic E-state index is 13.2. The third-order valence-corrected chi connectivity index (χ3v) is 8.32. The highest BCUT2D eigenvalue weighted by atomic mass is 32.1. The monoisotopic (exact) mass is 422 g/mol. The molecule has 0 aliphatic heterocycles. The normalized spacial score (nSPS) is 30.1. The fourth-order valence-electron chi connectivity index (χ4n) is 6.60. The lowest BCUT2D eigenvalue weighted by molar-refractivity contribution is -0.125. The first-order chi connectivity index (χ1) is 14.6. The van der Waals surface area contributed by atoms with Gasteiger partial charge in [-0.05, 0) is 78.7 Å². The van der Waals surface area contributed by atoms with Crippen LogP contribution in [0, 0.1) is 23.2 Å². The van der Waals surface area contributed by atoms with Gasteiger partial charge in [0.15, 0.2) is 0 Å². The number of benzene rings is 1. The molecule has 2 amide bonds. The summed E-state index contributed by atoms with van der Waals surface area (Å²) >= 11 is 1.40. The molecule has 0 spiro atoms. The Kier molecular flexibility index (Phi) is 5.40. The summed E-state index contributed by atoms with van der Waals surface area (Å²) in [7, 11) is 0. The SMILES string of the molecule is O=C(NC(Cc1ccccc1)C(=O)NCC12CC3CC(CC(C3)C1)C2)c1cccs1. The topological polar surface area (TPSA) is 58.2 Å². The summed E-state index contributed by atoms with van der Waals surface area (Å²) < 4.78 is 0. The zero-order chi connectivity index (χ0) is 20.6. The van der Waals surface area contributed by atoms with Crippen molar-refractivity contribution in [1.29, 1.82) is 0 Å². The van der Waals surface area contributed by atoms with Crippen molar-refractivity contribution in [3.05, 3.63) is 58.3 Å². The fourth-order valence-corrected chi connectivity index (χ4v) is 7.23. The molecule has 4 nitrogen and oxygen atoms in total. The van der Waals surface area contributed by atoms with Crippen LogP contribution in [0.25, 0.3) is 0 Å². The van der Waals surface area contributed by atoms with Crippen LogP contribution in [0.5, 0.6) is 0 Å². The molecular formula is C25H30N2O2S. The third kappa shape index (κ3) is 4.18. The van der Waals surface area contributed by atoms with Crippen LogP contribution in [0.4, 0.5) is 0 Å². The number of hydrogen-bond acceptors (Lipinski definition) is 3. The molecule has 6 rings (SSSR count). The number of thiophene rings is 1. The van der Waals surface area contributed by atoms with E-state index in [2.05, 4.69) is 10.6 Å². The van der Waals surface area contributed by atoms with E-state index >= 15 is 0 Å². The molecule has 4 saturated carbocycles. The molecule has 5 heteroatoms. The zero-order valence-electron chi connectivity index (χ0n) is 17.3. The molecular weight excluding hydrogens is 392 g/mol. The first-order valence-electron chi connectivity index (χ1n) is 11.2. The van der Waals surface area contributed by atoms with Crippen LogP contribution in [0.3, 0.4) is 0 Å². The summed E-state index contributed by atoms with van der Waals surface area (Å²) in [5, 5.41) is 8.13. The number of hydrogen-bond donors (Lipinski definition) is 2. The van der Waals surface area contributed by atoms with Gasteiger partial charge in [0.2, 0.25) is 5.91 Å². The van der Waals surface area contributed by atoms with Gasteiger partial charge in [0.05, 0.1) is 4.88 Å². The lowest BCUT2D eigenvalue weighted by atomic mass is 9.49. The second kappa shape index (κ2) is 8.18. The minimum atomic E-state index is -0.559. The minimum absolute atomic E-state index is 0.0560. The molecule has 4 fully saturated rings. The van der Waals surface area contributed by atoms with E-state index in [-0.39, 0.29) is 11.8 Å². The molecule has 4 bridgehead atoms. The molecule has 1 heterocycles. The largest absolute Gasteiger partial charge is 0.354 e. The number of rotatable bonds is 7. The second-order valence-electron chi connectivity index (χ2n) is 9.83. The average Bonchev–Trinajstić information content (AvgIpc) is 3.26. The van der Waals surface area contributed by atoms with E-state index in [0.717, 1.165) is 29.9 Å². The quantitative estimate of drug-likeness (QED) is 0.694. The van der Waals surface area contributed by atoms with Gasteiger partial charge in [-0.1, -0.05) is 36.4 Å². The molecule has 1 aromatic carbocycles. The molecule has 2 N–H and O–H groups in total. The van der Waals surface area contributed by atoms with Gasteiger partial charge in [0.1, 0.15) is 6.04 Å². The van der Waals surface area contributed by atoms with E-state index in [1.807, 2.05) is 41.8 Å². The Labute approximate surface area is 182 Å². The van der Waals surface area contributed by atoms with Gasteiger partial charge >= 0.3 is 0 Å². The molecule has 4 aliphatic carbocycles. The highest BCUT2D eigenvalue weighted by molar-refractivity contribution is 7.12. The van der Waals surface area contributed by atoms with Gasteiger partial charge < -0.3 is 10.6 Å². The summed E-state index contributed by atoms with van der Waals surface area (Å²) in [6.45, 7) is 0.759. The Morgan fingerprint density at radius 2 is 1.63 bits per heavy atom. The lowest BCUT2D eigenvalue weighted by Gasteiger charge is -2.57. The molecule has 1 aromatic heterocycles. The summed E-state index contributed by atoms with van der Waals surface area (Å²) in [6.07, 6.45) is 8.52. The van der Waals surface area contributed by atoms with Crippen molar-refractivity contribution >= 4 is 23.2 Å². The Morgan fingerprint density at radius 1 is 0.967 bits per heavy atom. The number of amides is 2. The Balaban J connectivity index is 1.27. The standard InChI is InChI=1S/C25H30N2O2S/c28-23(26-16-25-13-18-9-19(14-25)11-20(10-18)15-25)21(12-17-5-2-1-3-6-17)27-24(29)22-7-4-8-30-22/h1-8,18-21H,9-16H2,(H,26,28)(H,27,29). The van der Waals surface area contributed by atoms with Crippen LogP contribution >= 0.6 is 11.3 Å². The molecule has 1 atom stereocenters. The fraction of sp³-hybridized carbons (Fsp3) is 0.520. The van der Waals surface area contributed by atoms with Crippen molar-refractivity contribution < 1.29 is 9.59 Å². The summed E-state index contributed by atoms with van der Waals surface area (Å²) in [6, 6.07) is 13.0. The van der Waals surface area contributed by atoms with Gasteiger partial charge in [0, 0.05) is 13.0 Å². The number of nitrogens with one attached hydrogen (secondary N) is 2. The van der Waals surface area contributed by atoms with E-state index in [1.54, 1.807) is 6.07 Å². The molecule has 1 unspecified atom stereocenters. The maximum Gasteiger partial charge on any atom is 0.262 e. The summed E-state index contributed by atoms with van der Waals surface area (Å²) in [4.78, 5) is 26.5. The minimum Gasteiger partial charge on any atom is -0.354 e. The molecule has 0 radical (unpaired) electrons. The van der Waals surface area contributed by atoms with Crippen LogP contribution in [-0.2, 0) is 11.2 Å². The van der Waals surface area contributed by atoms with Crippen molar-refractivity contribution in [3.8, 4) is 0 Å². The molecule has 0 saturated heterocycles. The number of carbonyl (C=O) groups excluding carboxylic acids is 2. The van der Waals surface area contributed by atoms with Crippen LogP contribution in [0.1, 0.15) is 53.8 Å². The van der Waals surface area contributed by atoms with E-state index in [4.69, 9.17) is 0 Å². The van der Waals surface area contributed by atoms with E-state index in [1.165, 1.54) is 49.9 Å². The van der Waals surface area contributed by atoms with Crippen LogP contribution in [-0.4, -0.2) is 24.4 Å². The summed E-state index contributed by atoms with van der Waals surface area (Å²) in [5.74, 6) is 2.38. The van der Waals surface area contributed by atoms with E-state index < -0.39 is 6.04 Å². The van der Waals surface area contributed by atoms with Crippen molar-refractivity contribution in [2.45, 2.75) is 51.0 Å². The van der Waals surface area contributed by atoms with Crippen molar-refractivity contribution in [2.24, 2.45) is 23.2 Å². The van der Waals surface area contributed by atoms with E-state index in [0.29, 0.717) is 16.7 Å². The van der Waals surface area contributed by atoms with Crippen LogP contribution in [0.2, 0.25) is 0 Å². The molecule has 2 aromatic rings. The van der Waals surface area contributed by atoms with Gasteiger partial charge in [-0.3, -0.25) is 9.59 Å². The van der Waals surface area contributed by atoms with Crippen LogP contribution < -0.4 is 10.6 Å². The first-order valence-corrected chi connectivity index (χ1v) is 12.1. The summed E-state index contributed by atoms with van der Waals surface area (Å²) in [5.41, 5.74) is 1.35. The van der Waals surface area contributed by atoms with Gasteiger partial charge in [0.25, 0.3) is 5.91 Å². The Morgan fingerprint density at radius 3 is 2.23 bits per heavy atom. The molecule has 158 valence electrons. The zero-order valence-corrected chi connectivity index (χ0v) is 18.1. The molecule has 30 heavy (non-hydrogen) atoms. The smallest absolute Gasteiger partial charge is 0.262 e. The predicted octanol–water partition coefficient (Wildman–Crippen LogP) is 4.42. The third-order valence-electron chi connectivity index (χ3n) is 7.45. The van der Waals surface area contributed by atoms with Crippen LogP contribution in [0.15, 0.2) is 47.8 Å². The molecule has 4 aliphatic rings. The van der Waals surface area contributed by atoms with Gasteiger partial charge in [-0.2, -0.15) is 0 Å². The van der Waals surface area contributed by atoms with Crippen molar-refractivity contribution in [1.82, 2.24) is 10.6 Å². The van der Waals surface area contributed by atoms with E-state index in [9.17, 15) is 9.59 Å². The van der Waals surface area contributed by atoms with Crippen molar-refractivity contribution in [3.63, 3.8) is 0 Å². The average molecular weight is 423 g/mol. The predicted molar refractivity (Wildman–Crippen MR) is 119 cm³/mol. The van der Waals surface area contributed by atoms with Gasteiger partial charge in [-0.15, -0.1) is 11.3 Å². The number of carbonyl (C=O) groups is 2. The maximum absolute atomic E-state index is 13.2. The lowest BCUT2D eigenvalue weighted by Crippen LogP contribution is -2.54. The van der Waals surface area contributed by atoms with Gasteiger partial charge in [-0.25, -0.2) is 0 Å². The first kappa shape index (κ1) is 19.8. The Hall–Kier alpha value is -2.14.